The van der Waals surface area contributed by atoms with Crippen LogP contribution >= 0.6 is 22.9 Å². The van der Waals surface area contributed by atoms with Gasteiger partial charge < -0.3 is 9.22 Å². The van der Waals surface area contributed by atoms with E-state index in [1.807, 2.05) is 24.3 Å². The number of quaternary nitrogens is 1. The molecule has 0 aliphatic carbocycles. The summed E-state index contributed by atoms with van der Waals surface area (Å²) >= 11 is 8.16. The van der Waals surface area contributed by atoms with Crippen molar-refractivity contribution in [2.24, 2.45) is 0 Å². The molecule has 1 aromatic heterocycles. The number of carbonyl (C=O) groups is 1. The normalized spacial score (nSPS) is 22.0. The van der Waals surface area contributed by atoms with Crippen LogP contribution in [0.4, 0.5) is 0 Å². The summed E-state index contributed by atoms with van der Waals surface area (Å²) in [5, 5.41) is 2.75. The minimum atomic E-state index is -0.397. The van der Waals surface area contributed by atoms with Crippen molar-refractivity contribution in [1.29, 1.82) is 0 Å². The maximum Gasteiger partial charge on any atom is 0.369 e. The third-order valence-electron chi connectivity index (χ3n) is 4.47. The Labute approximate surface area is 139 Å². The van der Waals surface area contributed by atoms with E-state index in [-0.39, 0.29) is 5.97 Å². The van der Waals surface area contributed by atoms with Crippen molar-refractivity contribution in [3.8, 4) is 0 Å². The Balaban J connectivity index is 2.04. The van der Waals surface area contributed by atoms with Gasteiger partial charge in [0, 0.05) is 22.4 Å². The largest absolute Gasteiger partial charge is 0.464 e. The number of esters is 1. The van der Waals surface area contributed by atoms with Crippen molar-refractivity contribution in [3.05, 3.63) is 56.7 Å². The van der Waals surface area contributed by atoms with Crippen LogP contribution in [-0.4, -0.2) is 31.2 Å². The molecule has 0 radical (unpaired) electrons. The highest BCUT2D eigenvalue weighted by Gasteiger charge is 2.44. The monoisotopic (exact) mass is 336 g/mol. The molecule has 2 aromatic rings. The van der Waals surface area contributed by atoms with Gasteiger partial charge in [-0.1, -0.05) is 29.8 Å². The van der Waals surface area contributed by atoms with Gasteiger partial charge in [-0.05, 0) is 17.5 Å². The molecule has 0 saturated heterocycles. The lowest BCUT2D eigenvalue weighted by atomic mass is 9.98. The zero-order chi connectivity index (χ0) is 15.7. The third kappa shape index (κ3) is 2.67. The summed E-state index contributed by atoms with van der Waals surface area (Å²) in [4.78, 5) is 14.0. The van der Waals surface area contributed by atoms with E-state index in [0.717, 1.165) is 25.1 Å². The summed E-state index contributed by atoms with van der Waals surface area (Å²) in [6.07, 6.45) is 0.988. The van der Waals surface area contributed by atoms with E-state index in [0.29, 0.717) is 9.51 Å². The predicted molar refractivity (Wildman–Crippen MR) is 89.0 cm³/mol. The Hall–Kier alpha value is -1.36. The molecule has 0 spiro atoms. The molecular weight excluding hydrogens is 318 g/mol. The number of thiophene rings is 1. The zero-order valence-corrected chi connectivity index (χ0v) is 14.3. The van der Waals surface area contributed by atoms with Gasteiger partial charge in [-0.25, -0.2) is 4.79 Å². The van der Waals surface area contributed by atoms with Gasteiger partial charge in [0.1, 0.15) is 6.54 Å². The molecular formula is C17H19ClNO2S+. The van der Waals surface area contributed by atoms with Crippen LogP contribution in [0.15, 0.2) is 35.7 Å². The third-order valence-corrected chi connectivity index (χ3v) is 5.83. The first kappa shape index (κ1) is 15.5. The number of nitrogens with zero attached hydrogens (tertiary/aromatic N) is 1. The minimum Gasteiger partial charge on any atom is -0.464 e. The fourth-order valence-corrected chi connectivity index (χ4v) is 4.43. The summed E-state index contributed by atoms with van der Waals surface area (Å²) in [5.41, 5.74) is 2.18. The number of hydrogen-bond donors (Lipinski definition) is 0. The number of hydrogen-bond acceptors (Lipinski definition) is 3. The molecule has 0 saturated carbocycles. The van der Waals surface area contributed by atoms with Crippen LogP contribution in [0.3, 0.4) is 0 Å². The standard InChI is InChI=1S/C17H19ClNO2S/c1-19(9-7-15-12(11-19)8-10-22-15)16(17(20)21-2)13-5-3-4-6-14(13)18/h3-6,8,10,16H,7,9,11H2,1-2H3/q+1. The lowest BCUT2D eigenvalue weighted by Gasteiger charge is -2.42. The molecule has 2 atom stereocenters. The van der Waals surface area contributed by atoms with Gasteiger partial charge in [0.2, 0.25) is 6.04 Å². The highest BCUT2D eigenvalue weighted by molar-refractivity contribution is 7.10. The second-order valence-corrected chi connectivity index (χ2v) is 7.34. The van der Waals surface area contributed by atoms with Crippen molar-refractivity contribution in [1.82, 2.24) is 0 Å². The Kier molecular flexibility index (Phi) is 4.26. The Morgan fingerprint density at radius 3 is 2.86 bits per heavy atom. The molecule has 22 heavy (non-hydrogen) atoms. The van der Waals surface area contributed by atoms with Gasteiger partial charge in [0.05, 0.1) is 25.7 Å². The highest BCUT2D eigenvalue weighted by Crippen LogP contribution is 2.38. The number of carbonyl (C=O) groups excluding carboxylic acids is 1. The predicted octanol–water partition coefficient (Wildman–Crippen LogP) is 3.82. The molecule has 0 bridgehead atoms. The average Bonchev–Trinajstić information content (AvgIpc) is 2.96. The van der Waals surface area contributed by atoms with Crippen LogP contribution in [0.25, 0.3) is 0 Å². The Morgan fingerprint density at radius 1 is 1.36 bits per heavy atom. The van der Waals surface area contributed by atoms with Crippen molar-refractivity contribution in [2.75, 3.05) is 20.7 Å². The van der Waals surface area contributed by atoms with Crippen molar-refractivity contribution < 1.29 is 14.0 Å². The number of benzene rings is 1. The zero-order valence-electron chi connectivity index (χ0n) is 12.7. The van der Waals surface area contributed by atoms with Crippen molar-refractivity contribution >= 4 is 28.9 Å². The summed E-state index contributed by atoms with van der Waals surface area (Å²) < 4.78 is 5.70. The van der Waals surface area contributed by atoms with Gasteiger partial charge in [0.15, 0.2) is 0 Å². The Bertz CT molecular complexity index is 699. The van der Waals surface area contributed by atoms with Crippen LogP contribution in [0.5, 0.6) is 0 Å². The van der Waals surface area contributed by atoms with Gasteiger partial charge in [-0.3, -0.25) is 0 Å². The summed E-state index contributed by atoms with van der Waals surface area (Å²) in [6.45, 7) is 1.72. The van der Waals surface area contributed by atoms with E-state index in [9.17, 15) is 4.79 Å². The first-order valence-electron chi connectivity index (χ1n) is 7.27. The molecule has 0 fully saturated rings. The Morgan fingerprint density at radius 2 is 2.14 bits per heavy atom. The van der Waals surface area contributed by atoms with Crippen LogP contribution in [0.2, 0.25) is 5.02 Å². The molecule has 3 rings (SSSR count). The average molecular weight is 337 g/mol. The highest BCUT2D eigenvalue weighted by atomic mass is 35.5. The van der Waals surface area contributed by atoms with Gasteiger partial charge in [-0.15, -0.1) is 11.3 Å². The van der Waals surface area contributed by atoms with E-state index < -0.39 is 6.04 Å². The number of methoxy groups -OCH3 is 1. The van der Waals surface area contributed by atoms with Gasteiger partial charge in [0.25, 0.3) is 0 Å². The maximum absolute atomic E-state index is 12.5. The topological polar surface area (TPSA) is 26.3 Å². The first-order chi connectivity index (χ1) is 10.5. The molecule has 1 aliphatic heterocycles. The smallest absolute Gasteiger partial charge is 0.369 e. The minimum absolute atomic E-state index is 0.228. The second-order valence-electron chi connectivity index (χ2n) is 5.93. The van der Waals surface area contributed by atoms with Crippen LogP contribution < -0.4 is 0 Å². The molecule has 3 nitrogen and oxygen atoms in total. The number of ether oxygens (including phenoxy) is 1. The van der Waals surface area contributed by atoms with Crippen LogP contribution in [0.1, 0.15) is 22.0 Å². The van der Waals surface area contributed by atoms with Crippen molar-refractivity contribution in [3.63, 3.8) is 0 Å². The van der Waals surface area contributed by atoms with Crippen molar-refractivity contribution in [2.45, 2.75) is 19.0 Å². The fourth-order valence-electron chi connectivity index (χ4n) is 3.30. The molecule has 0 amide bonds. The van der Waals surface area contributed by atoms with Crippen LogP contribution in [0, 0.1) is 0 Å². The number of fused-ring (bicyclic) bond motifs is 1. The lowest BCUT2D eigenvalue weighted by Crippen LogP contribution is -2.52. The van der Waals surface area contributed by atoms with Gasteiger partial charge in [-0.2, -0.15) is 0 Å². The summed E-state index contributed by atoms with van der Waals surface area (Å²) in [6, 6.07) is 9.33. The molecule has 5 heteroatoms. The number of likely N-dealkylation sites (N-methyl/N-ethyl adjacent to an activating group) is 1. The van der Waals surface area contributed by atoms with E-state index in [1.165, 1.54) is 17.6 Å². The van der Waals surface area contributed by atoms with E-state index in [1.54, 1.807) is 11.3 Å². The maximum atomic E-state index is 12.5. The fraction of sp³-hybridized carbons (Fsp3) is 0.353. The van der Waals surface area contributed by atoms with Gasteiger partial charge >= 0.3 is 5.97 Å². The second kappa shape index (κ2) is 6.03. The molecule has 2 unspecified atom stereocenters. The molecule has 116 valence electrons. The lowest BCUT2D eigenvalue weighted by molar-refractivity contribution is -0.945. The number of halogens is 1. The SMILES string of the molecule is COC(=O)C(c1ccccc1Cl)[N+]1(C)CCc2sccc2C1. The summed E-state index contributed by atoms with van der Waals surface area (Å²) in [7, 11) is 3.56. The van der Waals surface area contributed by atoms with E-state index in [2.05, 4.69) is 18.5 Å². The summed E-state index contributed by atoms with van der Waals surface area (Å²) in [5.74, 6) is -0.228. The number of rotatable bonds is 3. The van der Waals surface area contributed by atoms with E-state index in [4.69, 9.17) is 16.3 Å². The van der Waals surface area contributed by atoms with Crippen LogP contribution in [-0.2, 0) is 22.5 Å². The molecule has 1 aromatic carbocycles. The first-order valence-corrected chi connectivity index (χ1v) is 8.52. The molecule has 0 N–H and O–H groups in total. The molecule has 2 heterocycles. The quantitative estimate of drug-likeness (QED) is 0.629. The van der Waals surface area contributed by atoms with E-state index >= 15 is 0 Å². The molecule has 1 aliphatic rings.